The fourth-order valence-electron chi connectivity index (χ4n) is 1.66. The Hall–Kier alpha value is -1.34. The largest absolute Gasteiger partial charge is 0.479 e. The molecule has 0 aliphatic heterocycles. The quantitative estimate of drug-likeness (QED) is 0.574. The molecule has 3 N–H and O–H groups in total. The molecule has 1 saturated carbocycles. The highest BCUT2D eigenvalue weighted by Crippen LogP contribution is 2.21. The number of carbonyl (C=O) groups is 2. The van der Waals surface area contributed by atoms with Crippen LogP contribution in [0.4, 0.5) is 4.79 Å². The molecule has 0 spiro atoms. The Morgan fingerprint density at radius 1 is 1.44 bits per heavy atom. The lowest BCUT2D eigenvalue weighted by molar-refractivity contribution is -0.144. The van der Waals surface area contributed by atoms with Gasteiger partial charge in [-0.1, -0.05) is 0 Å². The molecule has 2 atom stereocenters. The van der Waals surface area contributed by atoms with Crippen LogP contribution >= 0.6 is 0 Å². The van der Waals surface area contributed by atoms with E-state index in [-0.39, 0.29) is 12.1 Å². The number of urea groups is 1. The van der Waals surface area contributed by atoms with E-state index in [4.69, 9.17) is 9.84 Å². The molecular formula is C9H16N2O5. The number of carbonyl (C=O) groups excluding carboxylic acids is 1. The van der Waals surface area contributed by atoms with Gasteiger partial charge in [0.05, 0.1) is 6.10 Å². The van der Waals surface area contributed by atoms with E-state index >= 15 is 0 Å². The molecule has 7 nitrogen and oxygen atoms in total. The van der Waals surface area contributed by atoms with Crippen molar-refractivity contribution in [2.75, 3.05) is 13.7 Å². The van der Waals surface area contributed by atoms with Crippen molar-refractivity contribution in [2.45, 2.75) is 31.4 Å². The van der Waals surface area contributed by atoms with Crippen molar-refractivity contribution in [1.29, 1.82) is 0 Å². The second kappa shape index (κ2) is 6.29. The van der Waals surface area contributed by atoms with Crippen LogP contribution in [0, 0.1) is 0 Å². The van der Waals surface area contributed by atoms with Crippen LogP contribution in [-0.2, 0) is 14.4 Å². The number of hydroxylamine groups is 1. The second-order valence-electron chi connectivity index (χ2n) is 3.63. The topological polar surface area (TPSA) is 96.9 Å². The average molecular weight is 232 g/mol. The number of carboxylic acid groups (broad SMARTS) is 1. The summed E-state index contributed by atoms with van der Waals surface area (Å²) in [7, 11) is 1.64. The van der Waals surface area contributed by atoms with Crippen LogP contribution in [0.25, 0.3) is 0 Å². The van der Waals surface area contributed by atoms with Gasteiger partial charge in [-0.15, -0.1) is 0 Å². The summed E-state index contributed by atoms with van der Waals surface area (Å²) in [5.74, 6) is -1.14. The van der Waals surface area contributed by atoms with Gasteiger partial charge >= 0.3 is 12.0 Å². The predicted octanol–water partition coefficient (Wildman–Crippen LogP) is -0.131. The van der Waals surface area contributed by atoms with E-state index in [1.807, 2.05) is 5.48 Å². The summed E-state index contributed by atoms with van der Waals surface area (Å²) in [4.78, 5) is 25.7. The molecule has 2 amide bonds. The summed E-state index contributed by atoms with van der Waals surface area (Å²) in [6.07, 6.45) is 2.72. The molecule has 1 aliphatic rings. The standard InChI is InChI=1S/C9H16N2O5/c1-15-7-3-2-6(4-7)10-9(14)11-16-5-8(12)13/h6-7H,2-5H2,1H3,(H,12,13)(H2,10,11,14). The number of hydrogen-bond acceptors (Lipinski definition) is 4. The lowest BCUT2D eigenvalue weighted by atomic mass is 10.2. The van der Waals surface area contributed by atoms with Gasteiger partial charge in [0, 0.05) is 13.2 Å². The van der Waals surface area contributed by atoms with Crippen molar-refractivity contribution in [3.8, 4) is 0 Å². The predicted molar refractivity (Wildman–Crippen MR) is 53.7 cm³/mol. The minimum atomic E-state index is -1.14. The zero-order chi connectivity index (χ0) is 12.0. The first-order valence-corrected chi connectivity index (χ1v) is 5.04. The van der Waals surface area contributed by atoms with Crippen LogP contribution in [0.3, 0.4) is 0 Å². The number of ether oxygens (including phenoxy) is 1. The molecular weight excluding hydrogens is 216 g/mol. The van der Waals surface area contributed by atoms with Gasteiger partial charge < -0.3 is 15.2 Å². The van der Waals surface area contributed by atoms with Crippen LogP contribution < -0.4 is 10.8 Å². The number of amides is 2. The molecule has 0 saturated heterocycles. The minimum absolute atomic E-state index is 0.0541. The second-order valence-corrected chi connectivity index (χ2v) is 3.63. The summed E-state index contributed by atoms with van der Waals surface area (Å²) in [5, 5.41) is 10.9. The molecule has 0 radical (unpaired) electrons. The van der Waals surface area contributed by atoms with Gasteiger partial charge in [-0.3, -0.25) is 4.84 Å². The fourth-order valence-corrected chi connectivity index (χ4v) is 1.66. The average Bonchev–Trinajstić information content (AvgIpc) is 2.65. The summed E-state index contributed by atoms with van der Waals surface area (Å²) in [6, 6.07) is -0.471. The van der Waals surface area contributed by atoms with Gasteiger partial charge in [0.2, 0.25) is 0 Å². The number of methoxy groups -OCH3 is 1. The van der Waals surface area contributed by atoms with Gasteiger partial charge in [0.15, 0.2) is 6.61 Å². The highest BCUT2D eigenvalue weighted by Gasteiger charge is 2.25. The molecule has 0 bridgehead atoms. The van der Waals surface area contributed by atoms with Gasteiger partial charge in [-0.25, -0.2) is 15.1 Å². The van der Waals surface area contributed by atoms with Crippen molar-refractivity contribution < 1.29 is 24.3 Å². The SMILES string of the molecule is COC1CCC(NC(=O)NOCC(=O)O)C1. The van der Waals surface area contributed by atoms with Crippen molar-refractivity contribution in [3.05, 3.63) is 0 Å². The molecule has 1 rings (SSSR count). The van der Waals surface area contributed by atoms with Gasteiger partial charge in [-0.05, 0) is 19.3 Å². The van der Waals surface area contributed by atoms with Crippen molar-refractivity contribution in [3.63, 3.8) is 0 Å². The van der Waals surface area contributed by atoms with Crippen molar-refractivity contribution >= 4 is 12.0 Å². The van der Waals surface area contributed by atoms with Gasteiger partial charge in [0.1, 0.15) is 0 Å². The minimum Gasteiger partial charge on any atom is -0.479 e. The first kappa shape index (κ1) is 12.7. The summed E-state index contributed by atoms with van der Waals surface area (Å²) in [5.41, 5.74) is 2.00. The van der Waals surface area contributed by atoms with E-state index < -0.39 is 18.6 Å². The smallest absolute Gasteiger partial charge is 0.338 e. The van der Waals surface area contributed by atoms with E-state index in [0.717, 1.165) is 19.3 Å². The van der Waals surface area contributed by atoms with Crippen LogP contribution in [0.1, 0.15) is 19.3 Å². The monoisotopic (exact) mass is 232 g/mol. The first-order valence-electron chi connectivity index (χ1n) is 5.04. The molecule has 92 valence electrons. The summed E-state index contributed by atoms with van der Waals surface area (Å²) < 4.78 is 5.15. The third kappa shape index (κ3) is 4.45. The number of carboxylic acids is 1. The van der Waals surface area contributed by atoms with Gasteiger partial charge in [-0.2, -0.15) is 0 Å². The molecule has 1 aliphatic carbocycles. The maximum Gasteiger partial charge on any atom is 0.338 e. The molecule has 0 aromatic heterocycles. The number of aliphatic carboxylic acids is 1. The molecule has 0 aromatic carbocycles. The van der Waals surface area contributed by atoms with E-state index in [9.17, 15) is 9.59 Å². The maximum atomic E-state index is 11.2. The molecule has 1 fully saturated rings. The van der Waals surface area contributed by atoms with Gasteiger partial charge in [0.25, 0.3) is 0 Å². The van der Waals surface area contributed by atoms with Crippen LogP contribution in [-0.4, -0.2) is 43.0 Å². The first-order chi connectivity index (χ1) is 7.61. The fraction of sp³-hybridized carbons (Fsp3) is 0.778. The van der Waals surface area contributed by atoms with E-state index in [2.05, 4.69) is 10.2 Å². The maximum absolute atomic E-state index is 11.2. The van der Waals surface area contributed by atoms with Crippen LogP contribution in [0.15, 0.2) is 0 Å². The van der Waals surface area contributed by atoms with Crippen LogP contribution in [0.5, 0.6) is 0 Å². The highest BCUT2D eigenvalue weighted by molar-refractivity contribution is 5.73. The summed E-state index contributed by atoms with van der Waals surface area (Å²) in [6.45, 7) is -0.557. The Bertz CT molecular complexity index is 258. The molecule has 2 unspecified atom stereocenters. The highest BCUT2D eigenvalue weighted by atomic mass is 16.7. The molecule has 0 aromatic rings. The summed E-state index contributed by atoms with van der Waals surface area (Å²) >= 11 is 0. The molecule has 16 heavy (non-hydrogen) atoms. The van der Waals surface area contributed by atoms with E-state index in [1.165, 1.54) is 0 Å². The number of hydrogen-bond donors (Lipinski definition) is 3. The number of rotatable bonds is 5. The normalized spacial score (nSPS) is 24.1. The Morgan fingerprint density at radius 3 is 2.75 bits per heavy atom. The molecule has 0 heterocycles. The van der Waals surface area contributed by atoms with Crippen LogP contribution in [0.2, 0.25) is 0 Å². The van der Waals surface area contributed by atoms with Crippen molar-refractivity contribution in [1.82, 2.24) is 10.8 Å². The Kier molecular flexibility index (Phi) is 5.00. The van der Waals surface area contributed by atoms with Crippen molar-refractivity contribution in [2.24, 2.45) is 0 Å². The number of nitrogens with one attached hydrogen (secondary N) is 2. The Morgan fingerprint density at radius 2 is 2.19 bits per heavy atom. The zero-order valence-electron chi connectivity index (χ0n) is 9.06. The Balaban J connectivity index is 2.12. The third-order valence-electron chi connectivity index (χ3n) is 2.41. The van der Waals surface area contributed by atoms with E-state index in [0.29, 0.717) is 0 Å². The molecule has 7 heteroatoms. The third-order valence-corrected chi connectivity index (χ3v) is 2.41. The van der Waals surface area contributed by atoms with E-state index in [1.54, 1.807) is 7.11 Å². The lowest BCUT2D eigenvalue weighted by Crippen LogP contribution is -2.41. The Labute approximate surface area is 93.1 Å². The zero-order valence-corrected chi connectivity index (χ0v) is 9.06. The lowest BCUT2D eigenvalue weighted by Gasteiger charge is -2.13.